The van der Waals surface area contributed by atoms with Gasteiger partial charge in [0.05, 0.1) is 13.2 Å². The second-order valence-electron chi connectivity index (χ2n) is 13.4. The summed E-state index contributed by atoms with van der Waals surface area (Å²) in [4.78, 5) is 26.9. The SMILES string of the molecule is CCOC(=O)CCCOc1c(-c2ccc(OCc3ccccc3)c(OCc3ccccc3)c2)oc2cc(OCc3ccccc3)cc(OCc3ccccc3)c2c1=O. The zero-order chi connectivity index (χ0) is 39.9. The number of fused-ring (bicyclic) bond motifs is 1. The van der Waals surface area contributed by atoms with E-state index in [2.05, 4.69) is 0 Å². The first-order chi connectivity index (χ1) is 28.5. The second kappa shape index (κ2) is 19.7. The van der Waals surface area contributed by atoms with Crippen molar-refractivity contribution < 1.29 is 37.6 Å². The number of hydrogen-bond acceptors (Lipinski definition) is 9. The molecule has 294 valence electrons. The van der Waals surface area contributed by atoms with Crippen molar-refractivity contribution in [1.82, 2.24) is 0 Å². The largest absolute Gasteiger partial charge is 0.489 e. The normalized spacial score (nSPS) is 10.8. The Hall–Kier alpha value is -7.00. The van der Waals surface area contributed by atoms with E-state index in [-0.39, 0.29) is 73.7 Å². The second-order valence-corrected chi connectivity index (χ2v) is 13.4. The molecule has 9 heteroatoms. The average Bonchev–Trinajstić information content (AvgIpc) is 3.27. The molecule has 7 aromatic rings. The fraction of sp³-hybridized carbons (Fsp3) is 0.184. The highest BCUT2D eigenvalue weighted by Crippen LogP contribution is 2.40. The Bertz CT molecular complexity index is 2450. The van der Waals surface area contributed by atoms with Gasteiger partial charge in [0.15, 0.2) is 17.3 Å². The van der Waals surface area contributed by atoms with Crippen molar-refractivity contribution in [2.45, 2.75) is 46.2 Å². The third kappa shape index (κ3) is 10.4. The smallest absolute Gasteiger partial charge is 0.305 e. The van der Waals surface area contributed by atoms with E-state index in [4.69, 9.17) is 32.8 Å². The molecular weight excluding hydrogens is 733 g/mol. The van der Waals surface area contributed by atoms with Crippen molar-refractivity contribution in [3.8, 4) is 40.1 Å². The van der Waals surface area contributed by atoms with E-state index in [9.17, 15) is 9.59 Å². The van der Waals surface area contributed by atoms with Crippen molar-refractivity contribution in [2.24, 2.45) is 0 Å². The Morgan fingerprint density at radius 1 is 0.552 bits per heavy atom. The molecule has 0 aliphatic rings. The Balaban J connectivity index is 1.31. The summed E-state index contributed by atoms with van der Waals surface area (Å²) in [7, 11) is 0. The minimum atomic E-state index is -0.443. The molecule has 0 spiro atoms. The summed E-state index contributed by atoms with van der Waals surface area (Å²) in [5.41, 5.74) is 4.16. The maximum absolute atomic E-state index is 14.7. The van der Waals surface area contributed by atoms with E-state index in [1.165, 1.54) is 0 Å². The van der Waals surface area contributed by atoms with Crippen LogP contribution < -0.4 is 29.1 Å². The van der Waals surface area contributed by atoms with Crippen molar-refractivity contribution >= 4 is 16.9 Å². The molecule has 0 bridgehead atoms. The molecule has 0 saturated heterocycles. The van der Waals surface area contributed by atoms with Crippen LogP contribution in [0.4, 0.5) is 0 Å². The highest BCUT2D eigenvalue weighted by atomic mass is 16.5. The van der Waals surface area contributed by atoms with Crippen LogP contribution in [0, 0.1) is 0 Å². The van der Waals surface area contributed by atoms with E-state index in [0.717, 1.165) is 22.3 Å². The quantitative estimate of drug-likeness (QED) is 0.0586. The molecule has 0 aliphatic carbocycles. The van der Waals surface area contributed by atoms with Gasteiger partial charge in [0.1, 0.15) is 48.9 Å². The molecule has 6 aromatic carbocycles. The molecule has 0 radical (unpaired) electrons. The molecule has 9 nitrogen and oxygen atoms in total. The van der Waals surface area contributed by atoms with Crippen LogP contribution in [0.25, 0.3) is 22.3 Å². The fourth-order valence-electron chi connectivity index (χ4n) is 6.21. The van der Waals surface area contributed by atoms with Crippen molar-refractivity contribution in [1.29, 1.82) is 0 Å². The van der Waals surface area contributed by atoms with Crippen LogP contribution in [0.2, 0.25) is 0 Å². The van der Waals surface area contributed by atoms with Crippen molar-refractivity contribution in [3.05, 3.63) is 184 Å². The maximum Gasteiger partial charge on any atom is 0.305 e. The summed E-state index contributed by atoms with van der Waals surface area (Å²) in [6, 6.07) is 47.9. The molecule has 0 fully saturated rings. The maximum atomic E-state index is 14.7. The monoisotopic (exact) mass is 776 g/mol. The van der Waals surface area contributed by atoms with Crippen LogP contribution in [0.1, 0.15) is 42.0 Å². The predicted molar refractivity (Wildman–Crippen MR) is 222 cm³/mol. The van der Waals surface area contributed by atoms with Gasteiger partial charge in [-0.2, -0.15) is 0 Å². The van der Waals surface area contributed by atoms with E-state index >= 15 is 0 Å². The molecule has 0 atom stereocenters. The van der Waals surface area contributed by atoms with Gasteiger partial charge in [-0.05, 0) is 53.8 Å². The first kappa shape index (κ1) is 39.2. The Kier molecular flexibility index (Phi) is 13.4. The summed E-state index contributed by atoms with van der Waals surface area (Å²) in [5.74, 6) is 1.47. The molecule has 1 aromatic heterocycles. The lowest BCUT2D eigenvalue weighted by molar-refractivity contribution is -0.143. The Labute approximate surface area is 337 Å². The van der Waals surface area contributed by atoms with Crippen LogP contribution in [0.15, 0.2) is 161 Å². The average molecular weight is 777 g/mol. The molecule has 58 heavy (non-hydrogen) atoms. The van der Waals surface area contributed by atoms with E-state index < -0.39 is 5.43 Å². The lowest BCUT2D eigenvalue weighted by Gasteiger charge is -2.17. The molecule has 0 aliphatic heterocycles. The van der Waals surface area contributed by atoms with Crippen LogP contribution >= 0.6 is 0 Å². The Morgan fingerprint density at radius 3 is 1.62 bits per heavy atom. The number of esters is 1. The van der Waals surface area contributed by atoms with E-state index in [0.29, 0.717) is 35.8 Å². The summed E-state index contributed by atoms with van der Waals surface area (Å²) >= 11 is 0. The molecule has 0 N–H and O–H groups in total. The number of hydrogen-bond donors (Lipinski definition) is 0. The number of ether oxygens (including phenoxy) is 6. The van der Waals surface area contributed by atoms with Gasteiger partial charge in [0.25, 0.3) is 0 Å². The highest BCUT2D eigenvalue weighted by Gasteiger charge is 2.24. The first-order valence-corrected chi connectivity index (χ1v) is 19.3. The predicted octanol–water partition coefficient (Wildman–Crippen LogP) is 10.5. The van der Waals surface area contributed by atoms with Crippen LogP contribution in [-0.2, 0) is 36.0 Å². The molecule has 7 rings (SSSR count). The van der Waals surface area contributed by atoms with Crippen molar-refractivity contribution in [2.75, 3.05) is 13.2 Å². The van der Waals surface area contributed by atoms with Crippen LogP contribution in [-0.4, -0.2) is 19.2 Å². The molecule has 1 heterocycles. The topological polar surface area (TPSA) is 103 Å². The first-order valence-electron chi connectivity index (χ1n) is 19.3. The van der Waals surface area contributed by atoms with E-state index in [1.807, 2.05) is 121 Å². The van der Waals surface area contributed by atoms with E-state index in [1.54, 1.807) is 37.3 Å². The summed E-state index contributed by atoms with van der Waals surface area (Å²) in [5, 5.41) is 0.190. The Morgan fingerprint density at radius 2 is 1.07 bits per heavy atom. The highest BCUT2D eigenvalue weighted by molar-refractivity contribution is 5.89. The number of carbonyl (C=O) groups is 1. The zero-order valence-electron chi connectivity index (χ0n) is 32.3. The van der Waals surface area contributed by atoms with Gasteiger partial charge < -0.3 is 32.8 Å². The standard InChI is InChI=1S/C49H44O9/c1-2-52-45(50)24-15-27-53-49-47(51)46-43(57-34-38-22-13-6-14-23-38)29-40(54-31-35-16-7-3-8-17-35)30-44(46)58-48(49)39-25-26-41(55-32-36-18-9-4-10-19-36)42(28-39)56-33-37-20-11-5-12-21-37/h3-14,16-23,25-26,28-30H,2,15,24,27,31-34H2,1H3. The van der Waals surface area contributed by atoms with Crippen LogP contribution in [0.5, 0.6) is 28.7 Å². The molecule has 0 unspecified atom stereocenters. The summed E-state index contributed by atoms with van der Waals surface area (Å²) in [6.45, 7) is 3.16. The third-order valence-corrected chi connectivity index (χ3v) is 9.13. The fourth-order valence-corrected chi connectivity index (χ4v) is 6.21. The molecule has 0 saturated carbocycles. The van der Waals surface area contributed by atoms with Gasteiger partial charge in [-0.25, -0.2) is 0 Å². The molecule has 0 amide bonds. The van der Waals surface area contributed by atoms with Crippen molar-refractivity contribution in [3.63, 3.8) is 0 Å². The lowest BCUT2D eigenvalue weighted by Crippen LogP contribution is -2.14. The van der Waals surface area contributed by atoms with Gasteiger partial charge in [-0.3, -0.25) is 9.59 Å². The summed E-state index contributed by atoms with van der Waals surface area (Å²) in [6.07, 6.45) is 0.442. The van der Waals surface area contributed by atoms with Gasteiger partial charge in [0.2, 0.25) is 11.2 Å². The van der Waals surface area contributed by atoms with Crippen LogP contribution in [0.3, 0.4) is 0 Å². The third-order valence-electron chi connectivity index (χ3n) is 9.13. The minimum absolute atomic E-state index is 0.0363. The number of carbonyl (C=O) groups excluding carboxylic acids is 1. The van der Waals surface area contributed by atoms with Gasteiger partial charge in [-0.15, -0.1) is 0 Å². The van der Waals surface area contributed by atoms with Gasteiger partial charge >= 0.3 is 5.97 Å². The minimum Gasteiger partial charge on any atom is -0.489 e. The summed E-state index contributed by atoms with van der Waals surface area (Å²) < 4.78 is 43.3. The zero-order valence-corrected chi connectivity index (χ0v) is 32.3. The number of rotatable bonds is 19. The molecular formula is C49H44O9. The van der Waals surface area contributed by atoms with Gasteiger partial charge in [0, 0.05) is 24.1 Å². The van der Waals surface area contributed by atoms with Gasteiger partial charge in [-0.1, -0.05) is 121 Å². The lowest BCUT2D eigenvalue weighted by atomic mass is 10.1. The number of benzene rings is 6.